The van der Waals surface area contributed by atoms with E-state index in [9.17, 15) is 26.4 Å². The highest BCUT2D eigenvalue weighted by Crippen LogP contribution is 2.20. The molecule has 0 aliphatic carbocycles. The summed E-state index contributed by atoms with van der Waals surface area (Å²) in [6, 6.07) is 6.33. The van der Waals surface area contributed by atoms with Crippen LogP contribution in [0.15, 0.2) is 35.2 Å². The summed E-state index contributed by atoms with van der Waals surface area (Å²) in [7, 11) is -4.64. The van der Waals surface area contributed by atoms with Crippen molar-refractivity contribution in [1.82, 2.24) is 10.3 Å². The van der Waals surface area contributed by atoms with Crippen molar-refractivity contribution in [2.75, 3.05) is 6.61 Å². The van der Waals surface area contributed by atoms with E-state index in [2.05, 4.69) is 0 Å². The molecule has 1 amide bonds. The van der Waals surface area contributed by atoms with Crippen LogP contribution in [-0.2, 0) is 14.8 Å². The highest BCUT2D eigenvalue weighted by atomic mass is 32.2. The Balaban J connectivity index is 2.00. The van der Waals surface area contributed by atoms with Crippen LogP contribution in [0.25, 0.3) is 0 Å². The van der Waals surface area contributed by atoms with Gasteiger partial charge in [0, 0.05) is 0 Å². The number of hydrazine groups is 1. The van der Waals surface area contributed by atoms with Crippen LogP contribution in [0.3, 0.4) is 0 Å². The van der Waals surface area contributed by atoms with Crippen LogP contribution in [0.5, 0.6) is 5.75 Å². The fraction of sp³-hybridized carbons (Fsp3) is 0.188. The molecule has 0 aromatic heterocycles. The highest BCUT2D eigenvalue weighted by molar-refractivity contribution is 7.89. The summed E-state index contributed by atoms with van der Waals surface area (Å²) >= 11 is 0. The minimum Gasteiger partial charge on any atom is -0.483 e. The fourth-order valence-electron chi connectivity index (χ4n) is 1.94. The number of carbonyl (C=O) groups is 1. The lowest BCUT2D eigenvalue weighted by atomic mass is 10.1. The van der Waals surface area contributed by atoms with E-state index >= 15 is 0 Å². The Morgan fingerprint density at radius 2 is 1.77 bits per heavy atom. The molecular weight excluding hydrogens is 373 g/mol. The van der Waals surface area contributed by atoms with E-state index in [1.807, 2.05) is 13.0 Å². The maximum atomic E-state index is 13.6. The van der Waals surface area contributed by atoms with E-state index in [1.165, 1.54) is 0 Å². The maximum absolute atomic E-state index is 13.6. The first-order valence-electron chi connectivity index (χ1n) is 7.26. The zero-order valence-corrected chi connectivity index (χ0v) is 14.6. The summed E-state index contributed by atoms with van der Waals surface area (Å²) in [6.45, 7) is 3.07. The van der Waals surface area contributed by atoms with Crippen molar-refractivity contribution in [3.05, 3.63) is 58.9 Å². The summed E-state index contributed by atoms with van der Waals surface area (Å²) in [5, 5.41) is 0. The number of aryl methyl sites for hydroxylation is 2. The van der Waals surface area contributed by atoms with E-state index in [-0.39, 0.29) is 0 Å². The van der Waals surface area contributed by atoms with Gasteiger partial charge >= 0.3 is 0 Å². The Kier molecular flexibility index (Phi) is 5.88. The molecule has 0 heterocycles. The molecule has 140 valence electrons. The first-order valence-corrected chi connectivity index (χ1v) is 8.74. The number of halogens is 3. The monoisotopic (exact) mass is 388 g/mol. The molecule has 0 fully saturated rings. The fourth-order valence-corrected chi connectivity index (χ4v) is 2.87. The maximum Gasteiger partial charge on any atom is 0.272 e. The molecule has 10 heteroatoms. The van der Waals surface area contributed by atoms with E-state index in [0.29, 0.717) is 17.9 Å². The molecule has 2 aromatic rings. The number of benzene rings is 2. The summed E-state index contributed by atoms with van der Waals surface area (Å²) in [4.78, 5) is 12.1. The van der Waals surface area contributed by atoms with Crippen LogP contribution in [0.4, 0.5) is 13.2 Å². The first-order chi connectivity index (χ1) is 12.1. The molecule has 2 rings (SSSR count). The molecule has 0 aliphatic rings. The summed E-state index contributed by atoms with van der Waals surface area (Å²) in [5.74, 6) is -5.80. The number of carbonyl (C=O) groups excluding carboxylic acids is 1. The molecule has 2 N–H and O–H groups in total. The Morgan fingerprint density at radius 3 is 2.46 bits per heavy atom. The van der Waals surface area contributed by atoms with Crippen molar-refractivity contribution in [3.8, 4) is 5.75 Å². The summed E-state index contributed by atoms with van der Waals surface area (Å²) in [6.07, 6.45) is 0. The average Bonchev–Trinajstić information content (AvgIpc) is 2.58. The molecule has 0 bridgehead atoms. The Bertz CT molecular complexity index is 949. The van der Waals surface area contributed by atoms with Crippen LogP contribution in [0, 0.1) is 31.3 Å². The Labute approximate surface area is 148 Å². The van der Waals surface area contributed by atoms with Gasteiger partial charge < -0.3 is 4.74 Å². The largest absolute Gasteiger partial charge is 0.483 e. The van der Waals surface area contributed by atoms with E-state index < -0.39 is 44.9 Å². The standard InChI is InChI=1S/C16H15F3N2O4S/c1-9-3-4-10(2)12(7-9)25-8-14(22)20-21-26(23,24)13-6-5-11(17)15(18)16(13)19/h3-7,21H,8H2,1-2H3,(H,20,22). The number of nitrogens with one attached hydrogen (secondary N) is 2. The van der Waals surface area contributed by atoms with Crippen LogP contribution in [0.2, 0.25) is 0 Å². The second-order valence-electron chi connectivity index (χ2n) is 5.38. The smallest absolute Gasteiger partial charge is 0.272 e. The number of amides is 1. The number of rotatable bonds is 6. The van der Waals surface area contributed by atoms with E-state index in [1.54, 1.807) is 29.3 Å². The average molecular weight is 388 g/mol. The molecule has 0 aliphatic heterocycles. The van der Waals surface area contributed by atoms with Crippen LogP contribution < -0.4 is 15.0 Å². The number of hydrogen-bond acceptors (Lipinski definition) is 4. The molecule has 0 unspecified atom stereocenters. The normalized spacial score (nSPS) is 11.3. The molecule has 0 radical (unpaired) electrons. The van der Waals surface area contributed by atoms with Gasteiger partial charge in [0.2, 0.25) is 0 Å². The van der Waals surface area contributed by atoms with Gasteiger partial charge in [0.15, 0.2) is 24.1 Å². The molecule has 0 spiro atoms. The number of sulfonamides is 1. The second kappa shape index (κ2) is 7.75. The van der Waals surface area contributed by atoms with Gasteiger partial charge in [0.25, 0.3) is 15.9 Å². The van der Waals surface area contributed by atoms with Gasteiger partial charge in [-0.1, -0.05) is 12.1 Å². The second-order valence-corrected chi connectivity index (χ2v) is 7.04. The molecule has 6 nitrogen and oxygen atoms in total. The topological polar surface area (TPSA) is 84.5 Å². The predicted molar refractivity (Wildman–Crippen MR) is 86.2 cm³/mol. The van der Waals surface area contributed by atoms with Crippen LogP contribution in [0.1, 0.15) is 11.1 Å². The van der Waals surface area contributed by atoms with Crippen molar-refractivity contribution in [1.29, 1.82) is 0 Å². The Hall–Kier alpha value is -2.59. The van der Waals surface area contributed by atoms with Gasteiger partial charge in [-0.05, 0) is 43.2 Å². The highest BCUT2D eigenvalue weighted by Gasteiger charge is 2.24. The van der Waals surface area contributed by atoms with Crippen LogP contribution in [-0.4, -0.2) is 20.9 Å². The van der Waals surface area contributed by atoms with Gasteiger partial charge in [-0.15, -0.1) is 4.83 Å². The predicted octanol–water partition coefficient (Wildman–Crippen LogP) is 2.11. The van der Waals surface area contributed by atoms with Gasteiger partial charge in [-0.2, -0.15) is 0 Å². The quantitative estimate of drug-likeness (QED) is 0.586. The van der Waals surface area contributed by atoms with Gasteiger partial charge in [0.05, 0.1) is 0 Å². The van der Waals surface area contributed by atoms with Crippen molar-refractivity contribution in [3.63, 3.8) is 0 Å². The third-order valence-corrected chi connectivity index (χ3v) is 4.58. The van der Waals surface area contributed by atoms with E-state index in [4.69, 9.17) is 4.74 Å². The third-order valence-electron chi connectivity index (χ3n) is 3.32. The van der Waals surface area contributed by atoms with Crippen LogP contribution >= 0.6 is 0 Å². The van der Waals surface area contributed by atoms with Gasteiger partial charge in [-0.25, -0.2) is 21.6 Å². The first kappa shape index (κ1) is 19.7. The minimum absolute atomic E-state index is 0.439. The molecule has 2 aromatic carbocycles. The molecule has 26 heavy (non-hydrogen) atoms. The summed E-state index contributed by atoms with van der Waals surface area (Å²) < 4.78 is 68.7. The summed E-state index contributed by atoms with van der Waals surface area (Å²) in [5.41, 5.74) is 3.48. The van der Waals surface area contributed by atoms with E-state index in [0.717, 1.165) is 11.1 Å². The van der Waals surface area contributed by atoms with Gasteiger partial charge in [-0.3, -0.25) is 10.2 Å². The molecule has 0 atom stereocenters. The van der Waals surface area contributed by atoms with Crippen molar-refractivity contribution in [2.45, 2.75) is 18.7 Å². The lowest BCUT2D eigenvalue weighted by Gasteiger charge is -2.12. The van der Waals surface area contributed by atoms with Gasteiger partial charge in [0.1, 0.15) is 10.6 Å². The zero-order valence-electron chi connectivity index (χ0n) is 13.8. The number of hydrogen-bond donors (Lipinski definition) is 2. The third kappa shape index (κ3) is 4.52. The molecule has 0 saturated heterocycles. The van der Waals surface area contributed by atoms with Crippen molar-refractivity contribution in [2.24, 2.45) is 0 Å². The SMILES string of the molecule is Cc1ccc(C)c(OCC(=O)NNS(=O)(=O)c2ccc(F)c(F)c2F)c1. The van der Waals surface area contributed by atoms with Crippen molar-refractivity contribution >= 4 is 15.9 Å². The zero-order chi connectivity index (χ0) is 19.5. The van der Waals surface area contributed by atoms with Crippen molar-refractivity contribution < 1.29 is 31.1 Å². The minimum atomic E-state index is -4.64. The number of ether oxygens (including phenoxy) is 1. The lowest BCUT2D eigenvalue weighted by molar-refractivity contribution is -0.123. The molecule has 0 saturated carbocycles. The Morgan fingerprint density at radius 1 is 1.08 bits per heavy atom. The molecular formula is C16H15F3N2O4S. The lowest BCUT2D eigenvalue weighted by Crippen LogP contribution is -2.44.